The molecule has 2 unspecified atom stereocenters. The number of nitrogens with one attached hydrogen (secondary N) is 4. The molecule has 2 atom stereocenters. The predicted molar refractivity (Wildman–Crippen MR) is 93.7 cm³/mol. The van der Waals surface area contributed by atoms with Crippen LogP contribution in [0, 0.1) is 0 Å². The lowest BCUT2D eigenvalue weighted by Crippen LogP contribution is -2.48. The minimum Gasteiger partial charge on any atom is -0.379 e. The number of rotatable bonds is 4. The minimum absolute atomic E-state index is 0.0522. The average molecular weight is 333 g/mol. The Morgan fingerprint density at radius 2 is 1.88 bits per heavy atom. The van der Waals surface area contributed by atoms with E-state index in [1.165, 1.54) is 0 Å². The quantitative estimate of drug-likeness (QED) is 0.658. The van der Waals surface area contributed by atoms with Gasteiger partial charge >= 0.3 is 6.03 Å². The third-order valence-corrected chi connectivity index (χ3v) is 4.68. The highest BCUT2D eigenvalue weighted by Gasteiger charge is 2.31. The monoisotopic (exact) mass is 333 g/mol. The van der Waals surface area contributed by atoms with Gasteiger partial charge in [0.2, 0.25) is 0 Å². The number of hydrogen-bond donors (Lipinski definition) is 4. The molecule has 2 saturated heterocycles. The van der Waals surface area contributed by atoms with Crippen molar-refractivity contribution >= 4 is 11.7 Å². The largest absolute Gasteiger partial charge is 0.379 e. The number of ether oxygens (including phenoxy) is 1. The number of amides is 2. The third-order valence-electron chi connectivity index (χ3n) is 4.68. The number of hydrazine groups is 1. The summed E-state index contributed by atoms with van der Waals surface area (Å²) in [7, 11) is 0. The van der Waals surface area contributed by atoms with E-state index in [9.17, 15) is 4.79 Å². The molecule has 2 amide bonds. The summed E-state index contributed by atoms with van der Waals surface area (Å²) < 4.78 is 5.39. The Labute approximate surface area is 143 Å². The number of benzene rings is 1. The fourth-order valence-electron chi connectivity index (χ4n) is 3.22. The van der Waals surface area contributed by atoms with Crippen LogP contribution in [0.4, 0.5) is 10.5 Å². The van der Waals surface area contributed by atoms with Crippen molar-refractivity contribution in [3.05, 3.63) is 29.8 Å². The van der Waals surface area contributed by atoms with E-state index in [-0.39, 0.29) is 24.2 Å². The summed E-state index contributed by atoms with van der Waals surface area (Å²) >= 11 is 0. The zero-order valence-corrected chi connectivity index (χ0v) is 14.3. The van der Waals surface area contributed by atoms with Crippen LogP contribution < -0.4 is 21.5 Å². The highest BCUT2D eigenvalue weighted by Crippen LogP contribution is 2.18. The second-order valence-electron chi connectivity index (χ2n) is 6.54. The van der Waals surface area contributed by atoms with E-state index in [1.54, 1.807) is 0 Å². The molecule has 0 saturated carbocycles. The van der Waals surface area contributed by atoms with Crippen LogP contribution in [0.3, 0.4) is 0 Å². The first-order valence-electron chi connectivity index (χ1n) is 8.60. The third kappa shape index (κ3) is 4.24. The Hall–Kier alpha value is -1.67. The Kier molecular flexibility index (Phi) is 5.68. The van der Waals surface area contributed by atoms with Crippen molar-refractivity contribution in [2.45, 2.75) is 38.5 Å². The van der Waals surface area contributed by atoms with Crippen molar-refractivity contribution in [2.24, 2.45) is 0 Å². The summed E-state index contributed by atoms with van der Waals surface area (Å²) in [4.78, 5) is 14.7. The van der Waals surface area contributed by atoms with Gasteiger partial charge in [0.1, 0.15) is 0 Å². The second kappa shape index (κ2) is 7.94. The molecular weight excluding hydrogens is 306 g/mol. The van der Waals surface area contributed by atoms with E-state index in [4.69, 9.17) is 4.74 Å². The molecular formula is C17H27N5O2. The van der Waals surface area contributed by atoms with Crippen molar-refractivity contribution in [1.82, 2.24) is 21.1 Å². The van der Waals surface area contributed by atoms with Gasteiger partial charge in [0.15, 0.2) is 0 Å². The van der Waals surface area contributed by atoms with Crippen molar-refractivity contribution < 1.29 is 9.53 Å². The van der Waals surface area contributed by atoms with Crippen LogP contribution in [-0.2, 0) is 11.3 Å². The van der Waals surface area contributed by atoms with E-state index in [2.05, 4.69) is 32.5 Å². The number of carbonyl (C=O) groups is 1. The molecule has 0 radical (unpaired) electrons. The molecule has 0 bridgehead atoms. The molecule has 2 aliphatic heterocycles. The molecule has 132 valence electrons. The summed E-state index contributed by atoms with van der Waals surface area (Å²) in [6.45, 7) is 8.31. The fourth-order valence-corrected chi connectivity index (χ4v) is 3.22. The Morgan fingerprint density at radius 3 is 2.58 bits per heavy atom. The maximum atomic E-state index is 12.4. The van der Waals surface area contributed by atoms with Crippen LogP contribution in [0.2, 0.25) is 0 Å². The van der Waals surface area contributed by atoms with Gasteiger partial charge in [0, 0.05) is 37.4 Å². The Bertz CT molecular complexity index is 552. The first-order valence-corrected chi connectivity index (χ1v) is 8.60. The maximum Gasteiger partial charge on any atom is 0.319 e. The number of hydrogen-bond acceptors (Lipinski definition) is 5. The first kappa shape index (κ1) is 17.2. The van der Waals surface area contributed by atoms with Crippen LogP contribution in [0.25, 0.3) is 0 Å². The summed E-state index contributed by atoms with van der Waals surface area (Å²) in [5, 5.41) is 6.05. The molecule has 24 heavy (non-hydrogen) atoms. The lowest BCUT2D eigenvalue weighted by atomic mass is 10.1. The van der Waals surface area contributed by atoms with Crippen LogP contribution in [0.5, 0.6) is 0 Å². The van der Waals surface area contributed by atoms with Gasteiger partial charge in [0.25, 0.3) is 0 Å². The van der Waals surface area contributed by atoms with E-state index >= 15 is 0 Å². The molecule has 4 N–H and O–H groups in total. The molecule has 0 spiro atoms. The average Bonchev–Trinajstić information content (AvgIpc) is 2.89. The smallest absolute Gasteiger partial charge is 0.319 e. The van der Waals surface area contributed by atoms with E-state index < -0.39 is 0 Å². The van der Waals surface area contributed by atoms with Crippen LogP contribution in [0.15, 0.2) is 24.3 Å². The lowest BCUT2D eigenvalue weighted by Gasteiger charge is -2.27. The summed E-state index contributed by atoms with van der Waals surface area (Å²) in [5.74, 6) is 0. The van der Waals surface area contributed by atoms with Crippen molar-refractivity contribution in [1.29, 1.82) is 0 Å². The lowest BCUT2D eigenvalue weighted by molar-refractivity contribution is 0.0343. The number of morpholine rings is 1. The normalized spacial score (nSPS) is 27.8. The van der Waals surface area contributed by atoms with E-state index in [1.807, 2.05) is 32.0 Å². The zero-order valence-electron chi connectivity index (χ0n) is 14.3. The van der Waals surface area contributed by atoms with Gasteiger partial charge in [-0.05, 0) is 25.5 Å². The second-order valence-corrected chi connectivity index (χ2v) is 6.54. The molecule has 2 aliphatic rings. The van der Waals surface area contributed by atoms with Crippen LogP contribution >= 0.6 is 0 Å². The van der Waals surface area contributed by atoms with E-state index in [0.29, 0.717) is 0 Å². The summed E-state index contributed by atoms with van der Waals surface area (Å²) in [6, 6.07) is 8.23. The topological polar surface area (TPSA) is 77.7 Å². The molecule has 7 nitrogen and oxygen atoms in total. The molecule has 1 aromatic carbocycles. The molecule has 2 heterocycles. The Balaban J connectivity index is 1.60. The molecule has 2 fully saturated rings. The molecule has 7 heteroatoms. The first-order chi connectivity index (χ1) is 11.6. The summed E-state index contributed by atoms with van der Waals surface area (Å²) in [6.07, 6.45) is 0. The SMILES string of the molecule is CC1NNC(C)C1NC(=O)Nc1ccccc1CN1CCOCC1. The standard InChI is InChI=1S/C17H27N5O2/c1-12-16(13(2)21-20-12)19-17(23)18-15-6-4-3-5-14(15)11-22-7-9-24-10-8-22/h3-6,12-13,16,20-21H,7-11H2,1-2H3,(H2,18,19,23). The Morgan fingerprint density at radius 1 is 1.21 bits per heavy atom. The highest BCUT2D eigenvalue weighted by atomic mass is 16.5. The van der Waals surface area contributed by atoms with Crippen molar-refractivity contribution in [2.75, 3.05) is 31.6 Å². The predicted octanol–water partition coefficient (Wildman–Crippen LogP) is 0.894. The molecule has 0 aliphatic carbocycles. The molecule has 3 rings (SSSR count). The summed E-state index contributed by atoms with van der Waals surface area (Å²) in [5.41, 5.74) is 8.27. The van der Waals surface area contributed by atoms with Gasteiger partial charge in [-0.1, -0.05) is 18.2 Å². The molecule has 0 aromatic heterocycles. The van der Waals surface area contributed by atoms with Gasteiger partial charge in [0.05, 0.1) is 19.3 Å². The van der Waals surface area contributed by atoms with Gasteiger partial charge in [-0.25, -0.2) is 4.79 Å². The maximum absolute atomic E-state index is 12.4. The van der Waals surface area contributed by atoms with Gasteiger partial charge in [-0.2, -0.15) is 0 Å². The zero-order chi connectivity index (χ0) is 16.9. The highest BCUT2D eigenvalue weighted by molar-refractivity contribution is 5.90. The fraction of sp³-hybridized carbons (Fsp3) is 0.588. The van der Waals surface area contributed by atoms with Gasteiger partial charge in [-0.15, -0.1) is 0 Å². The van der Waals surface area contributed by atoms with Gasteiger partial charge in [-0.3, -0.25) is 15.8 Å². The molecule has 1 aromatic rings. The van der Waals surface area contributed by atoms with Crippen LogP contribution in [-0.4, -0.2) is 55.4 Å². The number of carbonyl (C=O) groups excluding carboxylic acids is 1. The number of nitrogens with zero attached hydrogens (tertiary/aromatic N) is 1. The van der Waals surface area contributed by atoms with Crippen molar-refractivity contribution in [3.63, 3.8) is 0 Å². The number of urea groups is 1. The number of para-hydroxylation sites is 1. The van der Waals surface area contributed by atoms with Crippen molar-refractivity contribution in [3.8, 4) is 0 Å². The van der Waals surface area contributed by atoms with Crippen LogP contribution in [0.1, 0.15) is 19.4 Å². The number of anilines is 1. The minimum atomic E-state index is -0.168. The van der Waals surface area contributed by atoms with E-state index in [0.717, 1.165) is 44.1 Å². The van der Waals surface area contributed by atoms with Gasteiger partial charge < -0.3 is 15.4 Å².